The molecule has 0 aliphatic rings. The van der Waals surface area contributed by atoms with E-state index in [-0.39, 0.29) is 12.5 Å². The Morgan fingerprint density at radius 3 is 2.14 bits per heavy atom. The minimum Gasteiger partial charge on any atom is -0.462 e. The average Bonchev–Trinajstić information content (AvgIpc) is 3.30. The number of thiophene rings is 1. The molecule has 2 atom stereocenters. The highest BCUT2D eigenvalue weighted by molar-refractivity contribution is 7.20. The second-order valence-corrected chi connectivity index (χ2v) is 9.33. The van der Waals surface area contributed by atoms with Crippen molar-refractivity contribution in [1.29, 1.82) is 0 Å². The van der Waals surface area contributed by atoms with Gasteiger partial charge in [0, 0.05) is 16.0 Å². The lowest BCUT2D eigenvalue weighted by Crippen LogP contribution is -3.09. The molecule has 0 spiro atoms. The SMILES string of the molecule is CCOC(=O)c1cc(-c2ccccc2)sc1NC(=O)[C@@H](c1ccccc1)[NH+](C)Cc1ccccc1. The molecule has 1 amide bonds. The van der Waals surface area contributed by atoms with Gasteiger partial charge in [-0.15, -0.1) is 11.3 Å². The summed E-state index contributed by atoms with van der Waals surface area (Å²) in [6.45, 7) is 2.71. The Kier molecular flexibility index (Phi) is 8.08. The molecule has 1 unspecified atom stereocenters. The predicted molar refractivity (Wildman–Crippen MR) is 141 cm³/mol. The maximum absolute atomic E-state index is 13.7. The molecule has 4 aromatic rings. The molecule has 178 valence electrons. The zero-order chi connectivity index (χ0) is 24.6. The number of esters is 1. The van der Waals surface area contributed by atoms with Gasteiger partial charge in [0.15, 0.2) is 6.04 Å². The van der Waals surface area contributed by atoms with Gasteiger partial charge in [-0.1, -0.05) is 91.0 Å². The maximum Gasteiger partial charge on any atom is 0.341 e. The molecule has 4 rings (SSSR count). The molecule has 35 heavy (non-hydrogen) atoms. The topological polar surface area (TPSA) is 59.8 Å². The Balaban J connectivity index is 1.66. The molecule has 0 fully saturated rings. The van der Waals surface area contributed by atoms with Crippen LogP contribution in [0.2, 0.25) is 0 Å². The van der Waals surface area contributed by atoms with Gasteiger partial charge in [-0.2, -0.15) is 0 Å². The first-order valence-electron chi connectivity index (χ1n) is 11.6. The van der Waals surface area contributed by atoms with Crippen LogP contribution in [0.1, 0.15) is 34.5 Å². The van der Waals surface area contributed by atoms with E-state index in [1.165, 1.54) is 11.3 Å². The number of nitrogens with one attached hydrogen (secondary N) is 2. The van der Waals surface area contributed by atoms with Crippen molar-refractivity contribution in [2.45, 2.75) is 19.5 Å². The number of ether oxygens (including phenoxy) is 1. The zero-order valence-electron chi connectivity index (χ0n) is 19.9. The molecule has 0 aliphatic carbocycles. The van der Waals surface area contributed by atoms with Crippen LogP contribution in [-0.2, 0) is 16.1 Å². The monoisotopic (exact) mass is 485 g/mol. The molecule has 6 heteroatoms. The van der Waals surface area contributed by atoms with Crippen molar-refractivity contribution in [3.05, 3.63) is 114 Å². The zero-order valence-corrected chi connectivity index (χ0v) is 20.7. The van der Waals surface area contributed by atoms with E-state index in [4.69, 9.17) is 4.74 Å². The summed E-state index contributed by atoms with van der Waals surface area (Å²) in [4.78, 5) is 28.4. The summed E-state index contributed by atoms with van der Waals surface area (Å²) in [5, 5.41) is 3.56. The van der Waals surface area contributed by atoms with Crippen LogP contribution in [0, 0.1) is 0 Å². The largest absolute Gasteiger partial charge is 0.462 e. The number of rotatable bonds is 9. The average molecular weight is 486 g/mol. The molecule has 0 saturated carbocycles. The molecule has 2 N–H and O–H groups in total. The van der Waals surface area contributed by atoms with E-state index in [1.807, 2.05) is 85.9 Å². The van der Waals surface area contributed by atoms with E-state index >= 15 is 0 Å². The van der Waals surface area contributed by atoms with Gasteiger partial charge in [0.05, 0.1) is 19.2 Å². The van der Waals surface area contributed by atoms with Crippen molar-refractivity contribution >= 4 is 28.2 Å². The highest BCUT2D eigenvalue weighted by atomic mass is 32.1. The van der Waals surface area contributed by atoms with Gasteiger partial charge < -0.3 is 15.0 Å². The lowest BCUT2D eigenvalue weighted by Gasteiger charge is -2.24. The second-order valence-electron chi connectivity index (χ2n) is 8.28. The molecule has 0 aliphatic heterocycles. The van der Waals surface area contributed by atoms with E-state index in [0.29, 0.717) is 17.1 Å². The van der Waals surface area contributed by atoms with Crippen molar-refractivity contribution in [2.24, 2.45) is 0 Å². The van der Waals surface area contributed by atoms with Gasteiger partial charge in [0.2, 0.25) is 0 Å². The van der Waals surface area contributed by atoms with Crippen molar-refractivity contribution in [1.82, 2.24) is 0 Å². The van der Waals surface area contributed by atoms with E-state index in [1.54, 1.807) is 13.0 Å². The van der Waals surface area contributed by atoms with Gasteiger partial charge in [0.1, 0.15) is 11.5 Å². The molecular weight excluding hydrogens is 456 g/mol. The number of carbonyl (C=O) groups excluding carboxylic acids is 2. The van der Waals surface area contributed by atoms with Crippen LogP contribution in [0.4, 0.5) is 5.00 Å². The lowest BCUT2D eigenvalue weighted by molar-refractivity contribution is -0.915. The number of likely N-dealkylation sites (N-methyl/N-ethyl adjacent to an activating group) is 1. The molecule has 1 aromatic heterocycles. The molecular formula is C29H29N2O3S+. The Hall–Kier alpha value is -3.74. The van der Waals surface area contributed by atoms with Crippen LogP contribution < -0.4 is 10.2 Å². The molecule has 0 radical (unpaired) electrons. The second kappa shape index (κ2) is 11.6. The lowest BCUT2D eigenvalue weighted by atomic mass is 10.0. The van der Waals surface area contributed by atoms with Gasteiger partial charge in [-0.25, -0.2) is 4.79 Å². The van der Waals surface area contributed by atoms with Gasteiger partial charge in [0.25, 0.3) is 5.91 Å². The summed E-state index contributed by atoms with van der Waals surface area (Å²) in [5.41, 5.74) is 3.41. The molecule has 0 saturated heterocycles. The molecule has 3 aromatic carbocycles. The Morgan fingerprint density at radius 1 is 0.914 bits per heavy atom. The van der Waals surface area contributed by atoms with Crippen molar-refractivity contribution in [3.63, 3.8) is 0 Å². The molecule has 0 bridgehead atoms. The number of carbonyl (C=O) groups is 2. The van der Waals surface area contributed by atoms with Crippen molar-refractivity contribution < 1.29 is 19.2 Å². The minimum atomic E-state index is -0.464. The third-order valence-electron chi connectivity index (χ3n) is 5.74. The van der Waals surface area contributed by atoms with Crippen LogP contribution >= 0.6 is 11.3 Å². The first-order chi connectivity index (χ1) is 17.1. The standard InChI is InChI=1S/C29H28N2O3S/c1-3-34-29(33)24-19-25(22-15-9-5-10-16-22)35-28(24)30-27(32)26(23-17-11-6-12-18-23)31(2)20-21-13-7-4-8-14-21/h4-19,26H,3,20H2,1-2H3,(H,30,32)/p+1/t26-/m1/s1. The normalized spacial score (nSPS) is 12.5. The van der Waals surface area contributed by atoms with Crippen LogP contribution in [-0.4, -0.2) is 25.5 Å². The number of hydrogen-bond acceptors (Lipinski definition) is 4. The van der Waals surface area contributed by atoms with Gasteiger partial charge >= 0.3 is 5.97 Å². The fraction of sp³-hybridized carbons (Fsp3) is 0.172. The number of quaternary nitrogens is 1. The van der Waals surface area contributed by atoms with Crippen LogP contribution in [0.5, 0.6) is 0 Å². The van der Waals surface area contributed by atoms with E-state index in [2.05, 4.69) is 17.4 Å². The number of benzene rings is 3. The fourth-order valence-corrected chi connectivity index (χ4v) is 5.15. The fourth-order valence-electron chi connectivity index (χ4n) is 4.10. The van der Waals surface area contributed by atoms with Crippen molar-refractivity contribution in [3.8, 4) is 10.4 Å². The summed E-state index contributed by atoms with van der Waals surface area (Å²) in [5.74, 6) is -0.612. The summed E-state index contributed by atoms with van der Waals surface area (Å²) in [6, 6.07) is 31.0. The number of hydrogen-bond donors (Lipinski definition) is 2. The quantitative estimate of drug-likeness (QED) is 0.329. The van der Waals surface area contributed by atoms with Gasteiger partial charge in [-0.3, -0.25) is 4.79 Å². The predicted octanol–water partition coefficient (Wildman–Crippen LogP) is 4.99. The summed E-state index contributed by atoms with van der Waals surface area (Å²) >= 11 is 1.38. The Labute approximate surface area is 210 Å². The highest BCUT2D eigenvalue weighted by Crippen LogP contribution is 2.36. The molecule has 5 nitrogen and oxygen atoms in total. The first kappa shape index (κ1) is 24.4. The summed E-state index contributed by atoms with van der Waals surface area (Å²) in [6.07, 6.45) is 0. The van der Waals surface area contributed by atoms with Crippen LogP contribution in [0.15, 0.2) is 97.1 Å². The number of amides is 1. The van der Waals surface area contributed by atoms with Crippen LogP contribution in [0.25, 0.3) is 10.4 Å². The first-order valence-corrected chi connectivity index (χ1v) is 12.5. The van der Waals surface area contributed by atoms with E-state index < -0.39 is 12.0 Å². The number of anilines is 1. The van der Waals surface area contributed by atoms with E-state index in [9.17, 15) is 9.59 Å². The van der Waals surface area contributed by atoms with Crippen LogP contribution in [0.3, 0.4) is 0 Å². The smallest absolute Gasteiger partial charge is 0.341 e. The Bertz CT molecular complexity index is 1260. The third-order valence-corrected chi connectivity index (χ3v) is 6.84. The van der Waals surface area contributed by atoms with Crippen molar-refractivity contribution in [2.75, 3.05) is 19.0 Å². The van der Waals surface area contributed by atoms with E-state index in [0.717, 1.165) is 26.5 Å². The third kappa shape index (κ3) is 6.04. The summed E-state index contributed by atoms with van der Waals surface area (Å²) in [7, 11) is 2.01. The maximum atomic E-state index is 13.7. The minimum absolute atomic E-state index is 0.170. The summed E-state index contributed by atoms with van der Waals surface area (Å²) < 4.78 is 5.28. The molecule has 1 heterocycles. The van der Waals surface area contributed by atoms with Gasteiger partial charge in [-0.05, 0) is 18.6 Å². The highest BCUT2D eigenvalue weighted by Gasteiger charge is 2.31. The Morgan fingerprint density at radius 2 is 1.51 bits per heavy atom.